The molecular weight excluding hydrogens is 176 g/mol. The van der Waals surface area contributed by atoms with Gasteiger partial charge in [-0.3, -0.25) is 0 Å². The first kappa shape index (κ1) is 11.1. The van der Waals surface area contributed by atoms with E-state index >= 15 is 0 Å². The lowest BCUT2D eigenvalue weighted by Crippen LogP contribution is -2.04. The van der Waals surface area contributed by atoms with Crippen LogP contribution in [-0.4, -0.2) is 19.1 Å². The van der Waals surface area contributed by atoms with Gasteiger partial charge in [-0.2, -0.15) is 0 Å². The van der Waals surface area contributed by atoms with Crippen LogP contribution in [0.25, 0.3) is 0 Å². The Morgan fingerprint density at radius 2 is 2.17 bits per heavy atom. The van der Waals surface area contributed by atoms with Crippen LogP contribution in [0.15, 0.2) is 36.6 Å². The Kier molecular flexibility index (Phi) is 5.32. The van der Waals surface area contributed by atoms with Crippen LogP contribution in [0, 0.1) is 0 Å². The normalized spacial score (nSPS) is 16.8. The average Bonchev–Trinajstić information content (AvgIpc) is 1.97. The van der Waals surface area contributed by atoms with Crippen LogP contribution in [0.5, 0.6) is 0 Å². The van der Waals surface area contributed by atoms with E-state index in [4.69, 9.17) is 9.66 Å². The molecule has 0 saturated carbocycles. The fraction of sp³-hybridized carbons (Fsp3) is 0.250. The highest BCUT2D eigenvalue weighted by atomic mass is 32.2. The Balaban J connectivity index is 3.92. The van der Waals surface area contributed by atoms with Crippen LogP contribution < -0.4 is 0 Å². The van der Waals surface area contributed by atoms with E-state index in [1.165, 1.54) is 6.08 Å². The van der Waals surface area contributed by atoms with Crippen LogP contribution in [-0.2, 0) is 11.1 Å². The zero-order chi connectivity index (χ0) is 9.56. The second-order valence-electron chi connectivity index (χ2n) is 2.22. The lowest BCUT2D eigenvalue weighted by Gasteiger charge is -1.95. The maximum Gasteiger partial charge on any atom is 0.159 e. The second kappa shape index (κ2) is 5.74. The molecule has 2 N–H and O–H groups in total. The third-order valence-electron chi connectivity index (χ3n) is 1.10. The summed E-state index contributed by atoms with van der Waals surface area (Å²) >= 11 is -1.83. The first-order valence-corrected chi connectivity index (χ1v) is 4.53. The Morgan fingerprint density at radius 3 is 2.58 bits per heavy atom. The lowest BCUT2D eigenvalue weighted by atomic mass is 10.3. The first-order chi connectivity index (χ1) is 5.54. The van der Waals surface area contributed by atoms with E-state index in [0.717, 1.165) is 0 Å². The molecule has 2 atom stereocenters. The van der Waals surface area contributed by atoms with Gasteiger partial charge in [-0.25, -0.2) is 4.21 Å². The monoisotopic (exact) mass is 188 g/mol. The van der Waals surface area contributed by atoms with Crippen molar-refractivity contribution in [1.82, 2.24) is 0 Å². The molecule has 2 unspecified atom stereocenters. The number of aliphatic hydroxyl groups excluding tert-OH is 1. The molecule has 0 aromatic heterocycles. The van der Waals surface area contributed by atoms with Gasteiger partial charge in [0.25, 0.3) is 0 Å². The molecule has 0 bridgehead atoms. The number of hydrogen-bond donors (Lipinski definition) is 2. The molecule has 0 saturated heterocycles. The summed E-state index contributed by atoms with van der Waals surface area (Å²) in [6, 6.07) is 0. The molecule has 4 heteroatoms. The first-order valence-electron chi connectivity index (χ1n) is 3.36. The van der Waals surface area contributed by atoms with Crippen molar-refractivity contribution in [3.63, 3.8) is 0 Å². The predicted molar refractivity (Wildman–Crippen MR) is 50.3 cm³/mol. The summed E-state index contributed by atoms with van der Waals surface area (Å²) in [6.45, 7) is 4.85. The largest absolute Gasteiger partial charge is 0.509 e. The van der Waals surface area contributed by atoms with Crippen molar-refractivity contribution in [3.05, 3.63) is 36.6 Å². The number of aliphatic hydroxyl groups is 1. The van der Waals surface area contributed by atoms with E-state index in [-0.39, 0.29) is 5.76 Å². The molecule has 12 heavy (non-hydrogen) atoms. The van der Waals surface area contributed by atoms with Crippen molar-refractivity contribution in [2.75, 3.05) is 0 Å². The zero-order valence-corrected chi connectivity index (χ0v) is 7.62. The van der Waals surface area contributed by atoms with Crippen molar-refractivity contribution in [3.8, 4) is 0 Å². The molecular formula is C8H12O3S. The molecule has 0 aliphatic rings. The molecule has 0 spiro atoms. The molecule has 0 amide bonds. The fourth-order valence-corrected chi connectivity index (χ4v) is 0.680. The Hall–Kier alpha value is -0.870. The summed E-state index contributed by atoms with van der Waals surface area (Å²) < 4.78 is 19.0. The third-order valence-corrected chi connectivity index (χ3v) is 1.89. The summed E-state index contributed by atoms with van der Waals surface area (Å²) in [4.78, 5) is 0. The van der Waals surface area contributed by atoms with Crippen LogP contribution >= 0.6 is 0 Å². The van der Waals surface area contributed by atoms with Gasteiger partial charge in [0, 0.05) is 0 Å². The van der Waals surface area contributed by atoms with Crippen LogP contribution in [0.2, 0.25) is 0 Å². The molecule has 0 aliphatic heterocycles. The topological polar surface area (TPSA) is 57.5 Å². The average molecular weight is 188 g/mol. The Labute approximate surface area is 74.4 Å². The van der Waals surface area contributed by atoms with Gasteiger partial charge in [-0.15, -0.1) is 0 Å². The standard InChI is InChI=1S/C8H12O3S/c1-7(9)5-3-4-6-8(2)12(10)11/h3-6,8-9H,1H2,2H3,(H,10,11)/b5-3-,6-4-. The fourth-order valence-electron chi connectivity index (χ4n) is 0.454. The molecule has 0 aliphatic carbocycles. The van der Waals surface area contributed by atoms with Gasteiger partial charge >= 0.3 is 0 Å². The second-order valence-corrected chi connectivity index (χ2v) is 3.51. The van der Waals surface area contributed by atoms with Gasteiger partial charge in [0.1, 0.15) is 5.76 Å². The van der Waals surface area contributed by atoms with E-state index in [1.54, 1.807) is 25.2 Å². The molecule has 0 aromatic rings. The Bertz CT molecular complexity index is 230. The molecule has 0 radical (unpaired) electrons. The Morgan fingerprint density at radius 1 is 1.58 bits per heavy atom. The maximum absolute atomic E-state index is 10.4. The number of rotatable bonds is 4. The van der Waals surface area contributed by atoms with Gasteiger partial charge in [-0.1, -0.05) is 24.8 Å². The SMILES string of the molecule is C=C(O)/C=C\C=C/C(C)S(=O)O. The zero-order valence-electron chi connectivity index (χ0n) is 6.80. The summed E-state index contributed by atoms with van der Waals surface area (Å²) in [5.74, 6) is -0.0441. The van der Waals surface area contributed by atoms with E-state index in [0.29, 0.717) is 0 Å². The molecule has 0 aromatic carbocycles. The summed E-state index contributed by atoms with van der Waals surface area (Å²) in [5, 5.41) is 8.20. The van der Waals surface area contributed by atoms with E-state index in [9.17, 15) is 4.21 Å². The smallest absolute Gasteiger partial charge is 0.159 e. The summed E-state index contributed by atoms with van der Waals surface area (Å²) in [6.07, 6.45) is 6.09. The molecule has 3 nitrogen and oxygen atoms in total. The molecule has 0 heterocycles. The number of allylic oxidation sites excluding steroid dienone is 3. The van der Waals surface area contributed by atoms with Crippen molar-refractivity contribution < 1.29 is 13.9 Å². The van der Waals surface area contributed by atoms with Gasteiger partial charge in [0.2, 0.25) is 0 Å². The van der Waals surface area contributed by atoms with E-state index in [1.807, 2.05) is 0 Å². The summed E-state index contributed by atoms with van der Waals surface area (Å²) in [5.41, 5.74) is 0. The highest BCUT2D eigenvalue weighted by molar-refractivity contribution is 7.80. The highest BCUT2D eigenvalue weighted by Gasteiger charge is 2.00. The van der Waals surface area contributed by atoms with Crippen LogP contribution in [0.1, 0.15) is 6.92 Å². The summed E-state index contributed by atoms with van der Waals surface area (Å²) in [7, 11) is 0. The van der Waals surface area contributed by atoms with Crippen LogP contribution in [0.3, 0.4) is 0 Å². The van der Waals surface area contributed by atoms with Gasteiger partial charge < -0.3 is 9.66 Å². The van der Waals surface area contributed by atoms with Gasteiger partial charge in [-0.05, 0) is 13.0 Å². The van der Waals surface area contributed by atoms with Crippen molar-refractivity contribution in [2.24, 2.45) is 0 Å². The number of hydrogen-bond acceptors (Lipinski definition) is 2. The van der Waals surface area contributed by atoms with E-state index < -0.39 is 16.3 Å². The maximum atomic E-state index is 10.4. The van der Waals surface area contributed by atoms with Gasteiger partial charge in [0.15, 0.2) is 11.1 Å². The van der Waals surface area contributed by atoms with Gasteiger partial charge in [0.05, 0.1) is 5.25 Å². The highest BCUT2D eigenvalue weighted by Crippen LogP contribution is 1.94. The quantitative estimate of drug-likeness (QED) is 0.401. The van der Waals surface area contributed by atoms with Crippen molar-refractivity contribution >= 4 is 11.1 Å². The minimum atomic E-state index is -1.83. The lowest BCUT2D eigenvalue weighted by molar-refractivity contribution is 0.435. The minimum Gasteiger partial charge on any atom is -0.509 e. The van der Waals surface area contributed by atoms with Crippen molar-refractivity contribution in [1.29, 1.82) is 0 Å². The van der Waals surface area contributed by atoms with E-state index in [2.05, 4.69) is 6.58 Å². The van der Waals surface area contributed by atoms with Crippen LogP contribution in [0.4, 0.5) is 0 Å². The van der Waals surface area contributed by atoms with Crippen molar-refractivity contribution in [2.45, 2.75) is 12.2 Å². The minimum absolute atomic E-state index is 0.0441. The molecule has 68 valence electrons. The third kappa shape index (κ3) is 5.88. The molecule has 0 fully saturated rings. The molecule has 0 rings (SSSR count). The predicted octanol–water partition coefficient (Wildman–Crippen LogP) is 1.78.